The van der Waals surface area contributed by atoms with Crippen LogP contribution in [0.25, 0.3) is 0 Å². The van der Waals surface area contributed by atoms with Crippen molar-refractivity contribution in [2.75, 3.05) is 33.8 Å². The lowest BCUT2D eigenvalue weighted by Gasteiger charge is -2.27. The molecule has 0 bridgehead atoms. The molecule has 0 aliphatic carbocycles. The highest BCUT2D eigenvalue weighted by atomic mass is 16.5. The van der Waals surface area contributed by atoms with Gasteiger partial charge in [-0.15, -0.1) is 0 Å². The molecule has 0 amide bonds. The lowest BCUT2D eigenvalue weighted by molar-refractivity contribution is -0.883. The number of carboxylic acid groups (broad SMARTS) is 1. The number of rotatable bonds is 6. The molecule has 0 radical (unpaired) electrons. The minimum atomic E-state index is -0.860. The zero-order chi connectivity index (χ0) is 12.8. The lowest BCUT2D eigenvalue weighted by Crippen LogP contribution is -2.46. The molecule has 5 nitrogen and oxygen atoms in total. The summed E-state index contributed by atoms with van der Waals surface area (Å²) in [5, 5.41) is 8.65. The number of nitrogens with zero attached hydrogens (tertiary/aromatic N) is 1. The molecule has 0 saturated heterocycles. The topological polar surface area (TPSA) is 63.6 Å². The van der Waals surface area contributed by atoms with Crippen LogP contribution >= 0.6 is 0 Å². The highest BCUT2D eigenvalue weighted by molar-refractivity contribution is 5.87. The molecule has 0 spiro atoms. The van der Waals surface area contributed by atoms with Crippen LogP contribution < -0.4 is 0 Å². The van der Waals surface area contributed by atoms with Crippen LogP contribution in [-0.2, 0) is 14.3 Å². The van der Waals surface area contributed by atoms with Gasteiger partial charge >= 0.3 is 11.9 Å². The Bertz CT molecular complexity index is 294. The molecule has 0 aromatic carbocycles. The van der Waals surface area contributed by atoms with Gasteiger partial charge in [-0.3, -0.25) is 0 Å². The highest BCUT2D eigenvalue weighted by Crippen LogP contribution is 1.99. The molecule has 92 valence electrons. The first kappa shape index (κ1) is 14.6. The summed E-state index contributed by atoms with van der Waals surface area (Å²) in [6.45, 7) is 4.17. The zero-order valence-corrected chi connectivity index (χ0v) is 10.3. The minimum Gasteiger partial charge on any atom is -0.477 e. The van der Waals surface area contributed by atoms with E-state index < -0.39 is 5.97 Å². The van der Waals surface area contributed by atoms with Gasteiger partial charge in [-0.05, 0) is 13.8 Å². The number of aliphatic carboxylic acids is 1. The molecule has 0 aliphatic rings. The third kappa shape index (κ3) is 6.19. The van der Waals surface area contributed by atoms with Crippen LogP contribution in [0.2, 0.25) is 0 Å². The maximum atomic E-state index is 11.3. The van der Waals surface area contributed by atoms with Gasteiger partial charge < -0.3 is 14.3 Å². The summed E-state index contributed by atoms with van der Waals surface area (Å²) in [7, 11) is 3.56. The number of carboxylic acids is 1. The SMILES string of the molecule is C/C=C(\C)C(=O)OCC[N+](C)(C)CC(=O)O. The Morgan fingerprint density at radius 1 is 1.38 bits per heavy atom. The molecular weight excluding hydrogens is 210 g/mol. The van der Waals surface area contributed by atoms with Gasteiger partial charge in [0.05, 0.1) is 14.1 Å². The van der Waals surface area contributed by atoms with Crippen molar-refractivity contribution in [1.82, 2.24) is 0 Å². The molecule has 0 aliphatic heterocycles. The third-order valence-corrected chi connectivity index (χ3v) is 2.25. The number of allylic oxidation sites excluding steroid dienone is 1. The molecule has 16 heavy (non-hydrogen) atoms. The van der Waals surface area contributed by atoms with E-state index in [1.54, 1.807) is 34.0 Å². The second-order valence-corrected chi connectivity index (χ2v) is 4.32. The van der Waals surface area contributed by atoms with Crippen molar-refractivity contribution in [3.63, 3.8) is 0 Å². The van der Waals surface area contributed by atoms with Gasteiger partial charge in [0.2, 0.25) is 0 Å². The van der Waals surface area contributed by atoms with Crippen LogP contribution in [0.5, 0.6) is 0 Å². The Labute approximate surface area is 95.9 Å². The van der Waals surface area contributed by atoms with Crippen molar-refractivity contribution < 1.29 is 23.9 Å². The smallest absolute Gasteiger partial charge is 0.359 e. The zero-order valence-electron chi connectivity index (χ0n) is 10.3. The second-order valence-electron chi connectivity index (χ2n) is 4.32. The van der Waals surface area contributed by atoms with Crippen molar-refractivity contribution >= 4 is 11.9 Å². The molecule has 0 saturated carbocycles. The highest BCUT2D eigenvalue weighted by Gasteiger charge is 2.19. The molecule has 0 aromatic rings. The Balaban J connectivity index is 3.98. The van der Waals surface area contributed by atoms with Crippen molar-refractivity contribution in [2.45, 2.75) is 13.8 Å². The Hall–Kier alpha value is -1.36. The molecule has 0 atom stereocenters. The lowest BCUT2D eigenvalue weighted by atomic mass is 10.3. The van der Waals surface area contributed by atoms with Crippen molar-refractivity contribution in [2.24, 2.45) is 0 Å². The van der Waals surface area contributed by atoms with Crippen LogP contribution in [0.4, 0.5) is 0 Å². The number of esters is 1. The van der Waals surface area contributed by atoms with E-state index in [1.807, 2.05) is 0 Å². The number of likely N-dealkylation sites (N-methyl/N-ethyl adjacent to an activating group) is 1. The quantitative estimate of drug-likeness (QED) is 0.413. The largest absolute Gasteiger partial charge is 0.477 e. The van der Waals surface area contributed by atoms with Gasteiger partial charge in [-0.2, -0.15) is 0 Å². The summed E-state index contributed by atoms with van der Waals surface area (Å²) in [5.74, 6) is -1.21. The predicted octanol–water partition coefficient (Wildman–Crippen LogP) is 0.657. The van der Waals surface area contributed by atoms with E-state index in [0.717, 1.165) is 0 Å². The fourth-order valence-electron chi connectivity index (χ4n) is 1.06. The normalized spacial score (nSPS) is 12.4. The van der Waals surface area contributed by atoms with Gasteiger partial charge in [0, 0.05) is 5.57 Å². The van der Waals surface area contributed by atoms with Crippen LogP contribution in [0.15, 0.2) is 11.6 Å². The number of quaternary nitrogens is 1. The first-order valence-corrected chi connectivity index (χ1v) is 5.12. The van der Waals surface area contributed by atoms with Crippen molar-refractivity contribution in [3.8, 4) is 0 Å². The Morgan fingerprint density at radius 3 is 2.38 bits per heavy atom. The third-order valence-electron chi connectivity index (χ3n) is 2.25. The summed E-state index contributed by atoms with van der Waals surface area (Å²) in [5.41, 5.74) is 0.559. The van der Waals surface area contributed by atoms with Gasteiger partial charge in [0.1, 0.15) is 13.2 Å². The molecular formula is C11H20NO4+. The van der Waals surface area contributed by atoms with E-state index in [1.165, 1.54) is 0 Å². The maximum absolute atomic E-state index is 11.3. The molecule has 0 aromatic heterocycles. The Kier molecular flexibility index (Phi) is 5.74. The molecule has 0 unspecified atom stereocenters. The molecule has 5 heteroatoms. The minimum absolute atomic E-state index is 0.0140. The van der Waals surface area contributed by atoms with Gasteiger partial charge in [-0.1, -0.05) is 6.08 Å². The summed E-state index contributed by atoms with van der Waals surface area (Å²) >= 11 is 0. The van der Waals surface area contributed by atoms with E-state index in [0.29, 0.717) is 12.1 Å². The molecule has 0 heterocycles. The van der Waals surface area contributed by atoms with Gasteiger partial charge in [0.25, 0.3) is 0 Å². The van der Waals surface area contributed by atoms with Crippen molar-refractivity contribution in [3.05, 3.63) is 11.6 Å². The standard InChI is InChI=1S/C11H19NO4/c1-5-9(2)11(15)16-7-6-12(3,4)8-10(13)14/h5H,6-8H2,1-4H3/p+1/b9-5+. The summed E-state index contributed by atoms with van der Waals surface area (Å²) in [6, 6.07) is 0. The average molecular weight is 230 g/mol. The van der Waals surface area contributed by atoms with E-state index in [9.17, 15) is 9.59 Å². The predicted molar refractivity (Wildman–Crippen MR) is 59.9 cm³/mol. The number of ether oxygens (including phenoxy) is 1. The monoisotopic (exact) mass is 230 g/mol. The van der Waals surface area contributed by atoms with Crippen LogP contribution in [-0.4, -0.2) is 55.3 Å². The van der Waals surface area contributed by atoms with Gasteiger partial charge in [0.15, 0.2) is 6.54 Å². The van der Waals surface area contributed by atoms with Crippen LogP contribution in [0, 0.1) is 0 Å². The van der Waals surface area contributed by atoms with E-state index in [-0.39, 0.29) is 23.6 Å². The average Bonchev–Trinajstić information content (AvgIpc) is 2.13. The van der Waals surface area contributed by atoms with Gasteiger partial charge in [-0.25, -0.2) is 9.59 Å². The van der Waals surface area contributed by atoms with Crippen LogP contribution in [0.3, 0.4) is 0 Å². The fraction of sp³-hybridized carbons (Fsp3) is 0.636. The first-order valence-electron chi connectivity index (χ1n) is 5.12. The number of hydrogen-bond donors (Lipinski definition) is 1. The van der Waals surface area contributed by atoms with Crippen molar-refractivity contribution in [1.29, 1.82) is 0 Å². The van der Waals surface area contributed by atoms with Crippen LogP contribution in [0.1, 0.15) is 13.8 Å². The molecule has 1 N–H and O–H groups in total. The number of carbonyl (C=O) groups excluding carboxylic acids is 1. The summed E-state index contributed by atoms with van der Waals surface area (Å²) < 4.78 is 5.29. The number of carbonyl (C=O) groups is 2. The fourth-order valence-corrected chi connectivity index (χ4v) is 1.06. The van der Waals surface area contributed by atoms with E-state index >= 15 is 0 Å². The Morgan fingerprint density at radius 2 is 1.94 bits per heavy atom. The first-order chi connectivity index (χ1) is 7.28. The maximum Gasteiger partial charge on any atom is 0.359 e. The summed E-state index contributed by atoms with van der Waals surface area (Å²) in [6.07, 6.45) is 1.68. The van der Waals surface area contributed by atoms with E-state index in [4.69, 9.17) is 9.84 Å². The second kappa shape index (κ2) is 6.27. The summed E-state index contributed by atoms with van der Waals surface area (Å²) in [4.78, 5) is 21.8. The molecule has 0 rings (SSSR count). The number of hydrogen-bond acceptors (Lipinski definition) is 3. The van der Waals surface area contributed by atoms with E-state index in [2.05, 4.69) is 0 Å². The molecule has 0 fully saturated rings.